The summed E-state index contributed by atoms with van der Waals surface area (Å²) in [6, 6.07) is 18.2. The maximum atomic E-state index is 12.6. The van der Waals surface area contributed by atoms with Crippen molar-refractivity contribution in [2.24, 2.45) is 4.99 Å². The molecule has 186 valence electrons. The number of fused-ring (bicyclic) bond motifs is 1. The van der Waals surface area contributed by atoms with Crippen molar-refractivity contribution in [1.29, 1.82) is 0 Å². The highest BCUT2D eigenvalue weighted by atomic mass is 16.8. The van der Waals surface area contributed by atoms with Gasteiger partial charge >= 0.3 is 12.1 Å². The zero-order valence-corrected chi connectivity index (χ0v) is 19.9. The molecule has 0 radical (unpaired) electrons. The third-order valence-electron chi connectivity index (χ3n) is 5.34. The Morgan fingerprint density at radius 1 is 1.06 bits per heavy atom. The molecule has 2 heterocycles. The van der Waals surface area contributed by atoms with Crippen LogP contribution in [0.2, 0.25) is 0 Å². The van der Waals surface area contributed by atoms with Crippen molar-refractivity contribution in [2.45, 2.75) is 58.1 Å². The largest absolute Gasteiger partial charge is 0.444 e. The Balaban J connectivity index is 1.56. The Bertz CT molecular complexity index is 1050. The minimum Gasteiger partial charge on any atom is -0.444 e. The van der Waals surface area contributed by atoms with Gasteiger partial charge in [-0.2, -0.15) is 5.06 Å². The molecule has 4 rings (SSSR count). The van der Waals surface area contributed by atoms with Crippen LogP contribution < -0.4 is 5.32 Å². The highest BCUT2D eigenvalue weighted by Crippen LogP contribution is 2.32. The molecule has 1 saturated heterocycles. The van der Waals surface area contributed by atoms with Crippen LogP contribution in [0.3, 0.4) is 0 Å². The van der Waals surface area contributed by atoms with Gasteiger partial charge in [-0.25, -0.2) is 9.79 Å². The molecule has 0 spiro atoms. The van der Waals surface area contributed by atoms with Crippen LogP contribution in [0.25, 0.3) is 0 Å². The lowest BCUT2D eigenvalue weighted by Crippen LogP contribution is -2.65. The molecule has 10 nitrogen and oxygen atoms in total. The predicted molar refractivity (Wildman–Crippen MR) is 125 cm³/mol. The molecule has 0 bridgehead atoms. The van der Waals surface area contributed by atoms with Crippen molar-refractivity contribution in [3.8, 4) is 0 Å². The molecule has 0 aromatic heterocycles. The summed E-state index contributed by atoms with van der Waals surface area (Å²) in [6.07, 6.45) is -2.45. The van der Waals surface area contributed by atoms with E-state index >= 15 is 0 Å². The van der Waals surface area contributed by atoms with Crippen LogP contribution in [0.4, 0.5) is 4.79 Å². The summed E-state index contributed by atoms with van der Waals surface area (Å²) in [7, 11) is 0. The molecule has 2 aromatic rings. The third kappa shape index (κ3) is 6.56. The van der Waals surface area contributed by atoms with Crippen LogP contribution in [-0.2, 0) is 41.8 Å². The first-order valence-corrected chi connectivity index (χ1v) is 11.3. The number of carbonyl (C=O) groups excluding carboxylic acids is 2. The number of rotatable bonds is 6. The van der Waals surface area contributed by atoms with Crippen LogP contribution in [0.5, 0.6) is 0 Å². The molecule has 0 saturated carbocycles. The summed E-state index contributed by atoms with van der Waals surface area (Å²) < 4.78 is 22.7. The van der Waals surface area contributed by atoms with E-state index in [1.54, 1.807) is 13.8 Å². The minimum atomic E-state index is -1.02. The number of amides is 1. The molecule has 3 atom stereocenters. The van der Waals surface area contributed by atoms with Crippen molar-refractivity contribution >= 4 is 18.0 Å². The van der Waals surface area contributed by atoms with Crippen molar-refractivity contribution in [3.63, 3.8) is 0 Å². The number of ether oxygens (including phenoxy) is 4. The lowest BCUT2D eigenvalue weighted by Gasteiger charge is -2.47. The van der Waals surface area contributed by atoms with Gasteiger partial charge in [-0.05, 0) is 25.0 Å². The van der Waals surface area contributed by atoms with E-state index in [9.17, 15) is 9.59 Å². The standard InChI is InChI=1S/C25H29N3O7/c1-17(29)34-22-21-20(16-32-25(2,3)35-21)26-23(28(22)33-15-19-12-8-5-9-13-19)27-24(30)31-14-18-10-6-4-7-11-18/h4-13,20-22H,14-16H2,1-3H3,(H,26,27,30)/t20-,21+,22-/m1/s1. The number of alkyl carbamates (subject to hydrolysis) is 1. The number of esters is 1. The van der Waals surface area contributed by atoms with Gasteiger partial charge in [-0.3, -0.25) is 14.9 Å². The molecule has 2 aliphatic heterocycles. The number of hydrogen-bond acceptors (Lipinski definition) is 9. The predicted octanol–water partition coefficient (Wildman–Crippen LogP) is 3.13. The SMILES string of the molecule is CC(=O)O[C@@H]1[C@H]2OC(C)(C)OC[C@H]2N=C(NC(=O)OCc2ccccc2)N1OCc1ccccc1. The fourth-order valence-corrected chi connectivity index (χ4v) is 3.72. The molecule has 0 unspecified atom stereocenters. The second-order valence-electron chi connectivity index (χ2n) is 8.58. The molecule has 2 aromatic carbocycles. The minimum absolute atomic E-state index is 0.0263. The molecular formula is C25H29N3O7. The van der Waals surface area contributed by atoms with Crippen LogP contribution >= 0.6 is 0 Å². The van der Waals surface area contributed by atoms with E-state index in [2.05, 4.69) is 10.3 Å². The number of hydroxylamine groups is 2. The van der Waals surface area contributed by atoms with E-state index in [1.807, 2.05) is 60.7 Å². The molecule has 10 heteroatoms. The van der Waals surface area contributed by atoms with Crippen molar-refractivity contribution in [2.75, 3.05) is 6.61 Å². The van der Waals surface area contributed by atoms with E-state index in [-0.39, 0.29) is 25.8 Å². The number of guanidine groups is 1. The highest BCUT2D eigenvalue weighted by Gasteiger charge is 2.50. The summed E-state index contributed by atoms with van der Waals surface area (Å²) in [4.78, 5) is 35.2. The number of nitrogens with one attached hydrogen (secondary N) is 1. The maximum absolute atomic E-state index is 12.6. The normalized spacial score (nSPS) is 23.0. The van der Waals surface area contributed by atoms with Gasteiger partial charge in [0.15, 0.2) is 5.79 Å². The highest BCUT2D eigenvalue weighted by molar-refractivity contribution is 5.94. The topological polar surface area (TPSA) is 108 Å². The summed E-state index contributed by atoms with van der Waals surface area (Å²) in [5.74, 6) is -1.43. The van der Waals surface area contributed by atoms with Crippen molar-refractivity contribution < 1.29 is 33.4 Å². The summed E-state index contributed by atoms with van der Waals surface area (Å²) >= 11 is 0. The zero-order chi connectivity index (χ0) is 24.8. The molecule has 0 aliphatic carbocycles. The number of hydrogen-bond donors (Lipinski definition) is 1. The van der Waals surface area contributed by atoms with E-state index in [1.165, 1.54) is 12.0 Å². The first-order chi connectivity index (χ1) is 16.8. The van der Waals surface area contributed by atoms with E-state index < -0.39 is 36.2 Å². The van der Waals surface area contributed by atoms with Gasteiger partial charge in [0, 0.05) is 6.92 Å². The van der Waals surface area contributed by atoms with Crippen molar-refractivity contribution in [3.05, 3.63) is 71.8 Å². The Kier molecular flexibility index (Phi) is 7.64. The number of nitrogens with zero attached hydrogens (tertiary/aromatic N) is 2. The Labute approximate surface area is 203 Å². The van der Waals surface area contributed by atoms with Crippen LogP contribution in [0.15, 0.2) is 65.7 Å². The number of aliphatic imine (C=N–C) groups is 1. The van der Waals surface area contributed by atoms with Crippen LogP contribution in [0.1, 0.15) is 31.9 Å². The van der Waals surface area contributed by atoms with Gasteiger partial charge in [0.05, 0.1) is 6.61 Å². The first kappa shape index (κ1) is 24.6. The fraction of sp³-hybridized carbons (Fsp3) is 0.400. The average molecular weight is 484 g/mol. The van der Waals surface area contributed by atoms with Gasteiger partial charge in [-0.15, -0.1) is 0 Å². The second kappa shape index (κ2) is 10.9. The smallest absolute Gasteiger partial charge is 0.414 e. The molecular weight excluding hydrogens is 454 g/mol. The maximum Gasteiger partial charge on any atom is 0.414 e. The molecule has 1 amide bonds. The Hall–Kier alpha value is -3.47. The van der Waals surface area contributed by atoms with Crippen LogP contribution in [-0.4, -0.2) is 53.9 Å². The fourth-order valence-electron chi connectivity index (χ4n) is 3.72. The Morgan fingerprint density at radius 2 is 1.69 bits per heavy atom. The lowest BCUT2D eigenvalue weighted by molar-refractivity contribution is -0.332. The van der Waals surface area contributed by atoms with E-state index in [4.69, 9.17) is 23.8 Å². The summed E-state index contributed by atoms with van der Waals surface area (Å²) in [6.45, 7) is 5.23. The Morgan fingerprint density at radius 3 is 2.31 bits per heavy atom. The second-order valence-corrected chi connectivity index (χ2v) is 8.58. The van der Waals surface area contributed by atoms with Gasteiger partial charge in [0.2, 0.25) is 12.2 Å². The number of benzene rings is 2. The van der Waals surface area contributed by atoms with Gasteiger partial charge in [0.1, 0.15) is 25.4 Å². The monoisotopic (exact) mass is 483 g/mol. The summed E-state index contributed by atoms with van der Waals surface area (Å²) in [5, 5.41) is 3.87. The lowest BCUT2D eigenvalue weighted by atomic mass is 10.1. The molecule has 2 aliphatic rings. The van der Waals surface area contributed by atoms with Gasteiger partial charge in [0.25, 0.3) is 0 Å². The average Bonchev–Trinajstić information content (AvgIpc) is 2.83. The van der Waals surface area contributed by atoms with Gasteiger partial charge < -0.3 is 18.9 Å². The van der Waals surface area contributed by atoms with E-state index in [0.717, 1.165) is 11.1 Å². The molecule has 1 N–H and O–H groups in total. The van der Waals surface area contributed by atoms with Crippen molar-refractivity contribution in [1.82, 2.24) is 10.4 Å². The van der Waals surface area contributed by atoms with Gasteiger partial charge in [-0.1, -0.05) is 60.7 Å². The molecule has 1 fully saturated rings. The summed E-state index contributed by atoms with van der Waals surface area (Å²) in [5.41, 5.74) is 1.70. The molecule has 35 heavy (non-hydrogen) atoms. The van der Waals surface area contributed by atoms with E-state index in [0.29, 0.717) is 0 Å². The quantitative estimate of drug-likeness (QED) is 0.625. The van der Waals surface area contributed by atoms with Crippen LogP contribution in [0, 0.1) is 0 Å². The zero-order valence-electron chi connectivity index (χ0n) is 19.9. The number of carbonyl (C=O) groups is 2. The first-order valence-electron chi connectivity index (χ1n) is 11.3. The third-order valence-corrected chi connectivity index (χ3v) is 5.34.